The Hall–Kier alpha value is -3.01. The fourth-order valence-electron chi connectivity index (χ4n) is 4.23. The van der Waals surface area contributed by atoms with E-state index in [1.807, 2.05) is 30.3 Å². The molecule has 1 aliphatic rings. The third-order valence-electron chi connectivity index (χ3n) is 6.11. The van der Waals surface area contributed by atoms with Gasteiger partial charge in [-0.3, -0.25) is 4.98 Å². The van der Waals surface area contributed by atoms with Gasteiger partial charge in [0.1, 0.15) is 11.5 Å². The monoisotopic (exact) mass is 523 g/mol. The highest BCUT2D eigenvalue weighted by Crippen LogP contribution is 2.33. The van der Waals surface area contributed by atoms with Crippen molar-refractivity contribution < 1.29 is 14.6 Å². The summed E-state index contributed by atoms with van der Waals surface area (Å²) in [5, 5.41) is 17.6. The summed E-state index contributed by atoms with van der Waals surface area (Å²) in [6.07, 6.45) is 7.87. The predicted molar refractivity (Wildman–Crippen MR) is 132 cm³/mol. The number of aliphatic hydroxyl groups is 1. The highest BCUT2D eigenvalue weighted by Gasteiger charge is 2.26. The Kier molecular flexibility index (Phi) is 6.75. The minimum absolute atomic E-state index is 0.108. The average Bonchev–Trinajstić information content (AvgIpc) is 3.21. The van der Waals surface area contributed by atoms with Crippen molar-refractivity contribution in [2.75, 3.05) is 13.7 Å². The smallest absolute Gasteiger partial charge is 0.223 e. The van der Waals surface area contributed by atoms with Gasteiger partial charge in [0, 0.05) is 24.4 Å². The van der Waals surface area contributed by atoms with Crippen LogP contribution in [-0.4, -0.2) is 44.4 Å². The molecular formula is C25H26BrN5O3. The van der Waals surface area contributed by atoms with E-state index in [2.05, 4.69) is 42.4 Å². The highest BCUT2D eigenvalue weighted by molar-refractivity contribution is 9.10. The number of fused-ring (bicyclic) bond motifs is 1. The number of hydrogen-bond acceptors (Lipinski definition) is 7. The maximum absolute atomic E-state index is 9.51. The van der Waals surface area contributed by atoms with Crippen LogP contribution in [0.4, 0.5) is 0 Å². The topological polar surface area (TPSA) is 93.8 Å². The van der Waals surface area contributed by atoms with Crippen molar-refractivity contribution in [1.82, 2.24) is 24.9 Å². The molecule has 3 heterocycles. The Bertz CT molecular complexity index is 1270. The number of pyridine rings is 1. The molecule has 1 aliphatic carbocycles. The van der Waals surface area contributed by atoms with E-state index in [0.717, 1.165) is 52.9 Å². The van der Waals surface area contributed by atoms with Crippen molar-refractivity contribution in [1.29, 1.82) is 0 Å². The van der Waals surface area contributed by atoms with Gasteiger partial charge in [0.15, 0.2) is 5.65 Å². The fraction of sp³-hybridized carbons (Fsp3) is 0.320. The number of aromatic nitrogens is 4. The molecule has 0 aliphatic heterocycles. The number of benzene rings is 1. The van der Waals surface area contributed by atoms with Gasteiger partial charge in [0.2, 0.25) is 5.88 Å². The zero-order valence-electron chi connectivity index (χ0n) is 18.8. The van der Waals surface area contributed by atoms with E-state index >= 15 is 0 Å². The lowest BCUT2D eigenvalue weighted by Gasteiger charge is -2.31. The van der Waals surface area contributed by atoms with Crippen LogP contribution in [0.3, 0.4) is 0 Å². The van der Waals surface area contributed by atoms with Gasteiger partial charge < -0.3 is 19.9 Å². The molecule has 0 bridgehead atoms. The molecule has 176 valence electrons. The molecule has 5 rings (SSSR count). The molecule has 0 unspecified atom stereocenters. The first-order chi connectivity index (χ1) is 16.6. The van der Waals surface area contributed by atoms with E-state index in [4.69, 9.17) is 9.47 Å². The Morgan fingerprint density at radius 3 is 2.82 bits per heavy atom. The van der Waals surface area contributed by atoms with Gasteiger partial charge in [0.05, 0.1) is 35.8 Å². The molecule has 4 aromatic rings. The quantitative estimate of drug-likeness (QED) is 0.309. The number of hydrogen-bond donors (Lipinski definition) is 2. The number of methoxy groups -OCH3 is 1. The van der Waals surface area contributed by atoms with E-state index in [-0.39, 0.29) is 6.10 Å². The summed E-state index contributed by atoms with van der Waals surface area (Å²) < 4.78 is 14.1. The van der Waals surface area contributed by atoms with Gasteiger partial charge in [-0.05, 0) is 77.5 Å². The van der Waals surface area contributed by atoms with E-state index < -0.39 is 0 Å². The van der Waals surface area contributed by atoms with Crippen molar-refractivity contribution in [2.45, 2.75) is 31.9 Å². The second kappa shape index (κ2) is 10.1. The zero-order chi connectivity index (χ0) is 23.5. The third kappa shape index (κ3) is 4.91. The van der Waals surface area contributed by atoms with E-state index in [1.165, 1.54) is 0 Å². The summed E-state index contributed by atoms with van der Waals surface area (Å²) in [6.45, 7) is 1.59. The van der Waals surface area contributed by atoms with Gasteiger partial charge in [-0.25, -0.2) is 4.52 Å². The predicted octanol–water partition coefficient (Wildman–Crippen LogP) is 4.61. The van der Waals surface area contributed by atoms with Crippen LogP contribution in [0.2, 0.25) is 0 Å². The molecule has 2 N–H and O–H groups in total. The number of halogens is 1. The Morgan fingerprint density at radius 1 is 1.18 bits per heavy atom. The standard InChI is InChI=1S/C25H26BrN5O3/c1-33-19-5-4-17(13-28-8-6-16-9-18(32)10-16)21(11-19)23-12-24(34-20-3-2-7-27-14-20)30-25-22(26)15-29-31(23)25/h2-5,7,11-12,14-16,18,28,32H,6,8-10,13H2,1H3. The maximum atomic E-state index is 9.51. The molecule has 0 spiro atoms. The summed E-state index contributed by atoms with van der Waals surface area (Å²) in [5.74, 6) is 2.43. The molecule has 1 aromatic carbocycles. The normalized spacial score (nSPS) is 17.5. The van der Waals surface area contributed by atoms with E-state index in [1.54, 1.807) is 30.2 Å². The lowest BCUT2D eigenvalue weighted by Crippen LogP contribution is -2.31. The van der Waals surface area contributed by atoms with Crippen LogP contribution < -0.4 is 14.8 Å². The molecule has 9 heteroatoms. The number of aliphatic hydroxyl groups excluding tert-OH is 1. The van der Waals surface area contributed by atoms with Crippen molar-refractivity contribution in [2.24, 2.45) is 5.92 Å². The molecule has 0 amide bonds. The number of ether oxygens (including phenoxy) is 2. The molecule has 8 nitrogen and oxygen atoms in total. The molecule has 1 saturated carbocycles. The molecular weight excluding hydrogens is 498 g/mol. The molecule has 3 aromatic heterocycles. The average molecular weight is 524 g/mol. The molecule has 0 atom stereocenters. The van der Waals surface area contributed by atoms with Crippen LogP contribution >= 0.6 is 15.9 Å². The van der Waals surface area contributed by atoms with Crippen molar-refractivity contribution in [3.8, 4) is 28.6 Å². The number of nitrogens with zero attached hydrogens (tertiary/aromatic N) is 4. The first-order valence-electron chi connectivity index (χ1n) is 11.3. The molecule has 0 radical (unpaired) electrons. The van der Waals surface area contributed by atoms with Crippen molar-refractivity contribution >= 4 is 21.6 Å². The number of nitrogens with one attached hydrogen (secondary N) is 1. The SMILES string of the molecule is COc1ccc(CNCCC2CC(O)C2)c(-c2cc(Oc3cccnc3)nc3c(Br)cnn23)c1. The minimum atomic E-state index is -0.108. The lowest BCUT2D eigenvalue weighted by molar-refractivity contribution is 0.0393. The summed E-state index contributed by atoms with van der Waals surface area (Å²) >= 11 is 3.55. The van der Waals surface area contributed by atoms with Gasteiger partial charge in [0.25, 0.3) is 0 Å². The third-order valence-corrected chi connectivity index (χ3v) is 6.67. The first kappa shape index (κ1) is 22.8. The summed E-state index contributed by atoms with van der Waals surface area (Å²) in [7, 11) is 1.66. The van der Waals surface area contributed by atoms with Crippen LogP contribution in [0.5, 0.6) is 17.4 Å². The summed E-state index contributed by atoms with van der Waals surface area (Å²) in [6, 6.07) is 11.6. The second-order valence-corrected chi connectivity index (χ2v) is 9.33. The lowest BCUT2D eigenvalue weighted by atomic mass is 9.80. The second-order valence-electron chi connectivity index (χ2n) is 8.48. The van der Waals surface area contributed by atoms with Gasteiger partial charge >= 0.3 is 0 Å². The summed E-state index contributed by atoms with van der Waals surface area (Å²) in [4.78, 5) is 8.76. The van der Waals surface area contributed by atoms with E-state index in [9.17, 15) is 5.11 Å². The van der Waals surface area contributed by atoms with Crippen molar-refractivity contribution in [3.05, 3.63) is 65.0 Å². The molecule has 0 saturated heterocycles. The minimum Gasteiger partial charge on any atom is -0.497 e. The largest absolute Gasteiger partial charge is 0.497 e. The Labute approximate surface area is 206 Å². The zero-order valence-corrected chi connectivity index (χ0v) is 20.4. The molecule has 34 heavy (non-hydrogen) atoms. The van der Waals surface area contributed by atoms with E-state index in [0.29, 0.717) is 29.7 Å². The van der Waals surface area contributed by atoms with Gasteiger partial charge in [-0.2, -0.15) is 10.1 Å². The fourth-order valence-corrected chi connectivity index (χ4v) is 4.57. The number of rotatable bonds is 9. The highest BCUT2D eigenvalue weighted by atomic mass is 79.9. The maximum Gasteiger partial charge on any atom is 0.223 e. The first-order valence-corrected chi connectivity index (χ1v) is 12.1. The van der Waals surface area contributed by atoms with Crippen LogP contribution in [0.1, 0.15) is 24.8 Å². The Balaban J connectivity index is 1.47. The summed E-state index contributed by atoms with van der Waals surface area (Å²) in [5.41, 5.74) is 3.58. The van der Waals surface area contributed by atoms with Crippen LogP contribution in [0.15, 0.2) is 59.5 Å². The van der Waals surface area contributed by atoms with Crippen LogP contribution in [0.25, 0.3) is 16.9 Å². The van der Waals surface area contributed by atoms with Crippen LogP contribution in [0, 0.1) is 5.92 Å². The van der Waals surface area contributed by atoms with Crippen molar-refractivity contribution in [3.63, 3.8) is 0 Å². The Morgan fingerprint density at radius 2 is 2.06 bits per heavy atom. The van der Waals surface area contributed by atoms with Gasteiger partial charge in [-0.1, -0.05) is 6.07 Å². The van der Waals surface area contributed by atoms with Gasteiger partial charge in [-0.15, -0.1) is 0 Å². The molecule has 1 fully saturated rings. The van der Waals surface area contributed by atoms with Crippen LogP contribution in [-0.2, 0) is 6.54 Å².